The number of aromatic nitrogens is 2. The molecule has 26 heavy (non-hydrogen) atoms. The molecule has 3 aromatic rings. The molecule has 2 aromatic heterocycles. The Kier molecular flexibility index (Phi) is 5.53. The zero-order valence-corrected chi connectivity index (χ0v) is 13.9. The van der Waals surface area contributed by atoms with Crippen LogP contribution in [-0.2, 0) is 4.74 Å². The minimum absolute atomic E-state index is 0.173. The molecule has 0 bridgehead atoms. The smallest absolute Gasteiger partial charge is 0.338 e. The summed E-state index contributed by atoms with van der Waals surface area (Å²) in [7, 11) is 0. The zero-order chi connectivity index (χ0) is 18.2. The fourth-order valence-electron chi connectivity index (χ4n) is 2.36. The van der Waals surface area contributed by atoms with Crippen LogP contribution in [0.3, 0.4) is 0 Å². The number of carbonyl (C=O) groups is 1. The Labute approximate surface area is 151 Å². The number of ether oxygens (including phenoxy) is 1. The minimum atomic E-state index is -0.381. The number of anilines is 1. The number of rotatable bonds is 6. The molecule has 0 radical (unpaired) electrons. The van der Waals surface area contributed by atoms with E-state index in [2.05, 4.69) is 21.4 Å². The average molecular weight is 344 g/mol. The van der Waals surface area contributed by atoms with Crippen LogP contribution in [0, 0.1) is 11.3 Å². The number of esters is 1. The van der Waals surface area contributed by atoms with Crippen LogP contribution in [-0.4, -0.2) is 29.1 Å². The van der Waals surface area contributed by atoms with Crippen molar-refractivity contribution >= 4 is 11.8 Å². The van der Waals surface area contributed by atoms with Gasteiger partial charge in [0.25, 0.3) is 0 Å². The number of pyridine rings is 2. The van der Waals surface area contributed by atoms with Gasteiger partial charge in [-0.2, -0.15) is 5.26 Å². The van der Waals surface area contributed by atoms with Gasteiger partial charge >= 0.3 is 5.97 Å². The summed E-state index contributed by atoms with van der Waals surface area (Å²) in [5.41, 5.74) is 2.70. The quantitative estimate of drug-likeness (QED) is 0.545. The molecule has 128 valence electrons. The first-order chi connectivity index (χ1) is 12.8. The second kappa shape index (κ2) is 8.40. The third kappa shape index (κ3) is 4.22. The molecule has 3 rings (SSSR count). The Morgan fingerprint density at radius 1 is 1.12 bits per heavy atom. The third-order valence-corrected chi connectivity index (χ3v) is 3.66. The molecule has 0 unspecified atom stereocenters. The highest BCUT2D eigenvalue weighted by Crippen LogP contribution is 2.22. The second-order valence-electron chi connectivity index (χ2n) is 5.40. The molecule has 0 amide bonds. The fraction of sp³-hybridized carbons (Fsp3) is 0.100. The van der Waals surface area contributed by atoms with Crippen molar-refractivity contribution in [2.75, 3.05) is 18.5 Å². The van der Waals surface area contributed by atoms with E-state index in [1.807, 2.05) is 18.2 Å². The van der Waals surface area contributed by atoms with Crippen molar-refractivity contribution in [2.24, 2.45) is 0 Å². The SMILES string of the molecule is N#Cc1cc(-c2ccncc2)cnc1NCCOC(=O)c1ccccc1. The molecule has 6 nitrogen and oxygen atoms in total. The van der Waals surface area contributed by atoms with Crippen LogP contribution in [0.25, 0.3) is 11.1 Å². The Hall–Kier alpha value is -3.72. The van der Waals surface area contributed by atoms with Crippen LogP contribution in [0.1, 0.15) is 15.9 Å². The van der Waals surface area contributed by atoms with E-state index < -0.39 is 0 Å². The zero-order valence-electron chi connectivity index (χ0n) is 13.9. The molecule has 0 fully saturated rings. The van der Waals surface area contributed by atoms with E-state index >= 15 is 0 Å². The molecule has 0 aliphatic carbocycles. The molecule has 2 heterocycles. The van der Waals surface area contributed by atoms with Crippen LogP contribution in [0.2, 0.25) is 0 Å². The van der Waals surface area contributed by atoms with Gasteiger partial charge in [-0.3, -0.25) is 4.98 Å². The number of nitriles is 1. The molecule has 0 atom stereocenters. The van der Waals surface area contributed by atoms with E-state index in [1.165, 1.54) is 0 Å². The summed E-state index contributed by atoms with van der Waals surface area (Å²) in [6.07, 6.45) is 5.07. The standard InChI is InChI=1S/C20H16N4O2/c21-13-17-12-18(15-6-8-22-9-7-15)14-24-19(17)23-10-11-26-20(25)16-4-2-1-3-5-16/h1-9,12,14H,10-11H2,(H,23,24). The molecule has 0 saturated carbocycles. The molecular formula is C20H16N4O2. The van der Waals surface area contributed by atoms with Crippen molar-refractivity contribution in [1.82, 2.24) is 9.97 Å². The Morgan fingerprint density at radius 3 is 2.62 bits per heavy atom. The van der Waals surface area contributed by atoms with E-state index in [1.54, 1.807) is 48.9 Å². The predicted octanol–water partition coefficient (Wildman–Crippen LogP) is 3.28. The number of hydrogen-bond acceptors (Lipinski definition) is 6. The van der Waals surface area contributed by atoms with Gasteiger partial charge in [-0.25, -0.2) is 9.78 Å². The first kappa shape index (κ1) is 17.1. The highest BCUT2D eigenvalue weighted by molar-refractivity contribution is 5.89. The van der Waals surface area contributed by atoms with Crippen LogP contribution in [0.15, 0.2) is 67.1 Å². The summed E-state index contributed by atoms with van der Waals surface area (Å²) in [6.45, 7) is 0.529. The van der Waals surface area contributed by atoms with Crippen LogP contribution >= 0.6 is 0 Å². The maximum absolute atomic E-state index is 11.9. The van der Waals surface area contributed by atoms with E-state index in [4.69, 9.17) is 4.74 Å². The first-order valence-electron chi connectivity index (χ1n) is 8.04. The lowest BCUT2D eigenvalue weighted by Gasteiger charge is -2.09. The monoisotopic (exact) mass is 344 g/mol. The van der Waals surface area contributed by atoms with Gasteiger partial charge in [0, 0.05) is 24.2 Å². The van der Waals surface area contributed by atoms with Gasteiger partial charge in [-0.05, 0) is 35.9 Å². The van der Waals surface area contributed by atoms with Crippen molar-refractivity contribution in [1.29, 1.82) is 5.26 Å². The predicted molar refractivity (Wildman–Crippen MR) is 97.4 cm³/mol. The lowest BCUT2D eigenvalue weighted by Crippen LogP contribution is -2.15. The van der Waals surface area contributed by atoms with Gasteiger partial charge < -0.3 is 10.1 Å². The summed E-state index contributed by atoms with van der Waals surface area (Å²) in [5, 5.41) is 12.4. The van der Waals surface area contributed by atoms with Gasteiger partial charge in [0.2, 0.25) is 0 Å². The normalized spacial score (nSPS) is 9.96. The van der Waals surface area contributed by atoms with Crippen LogP contribution in [0.4, 0.5) is 5.82 Å². The maximum Gasteiger partial charge on any atom is 0.338 e. The summed E-state index contributed by atoms with van der Waals surface area (Å²) in [4.78, 5) is 20.1. The van der Waals surface area contributed by atoms with Crippen molar-refractivity contribution in [3.63, 3.8) is 0 Å². The Balaban J connectivity index is 1.58. The number of hydrogen-bond donors (Lipinski definition) is 1. The number of nitrogens with one attached hydrogen (secondary N) is 1. The van der Waals surface area contributed by atoms with Crippen LogP contribution < -0.4 is 5.32 Å². The second-order valence-corrected chi connectivity index (χ2v) is 5.40. The number of carbonyl (C=O) groups excluding carboxylic acids is 1. The molecule has 1 aromatic carbocycles. The molecule has 0 aliphatic rings. The molecule has 0 aliphatic heterocycles. The van der Waals surface area contributed by atoms with Crippen molar-refractivity contribution in [2.45, 2.75) is 0 Å². The lowest BCUT2D eigenvalue weighted by molar-refractivity contribution is 0.0520. The third-order valence-electron chi connectivity index (χ3n) is 3.66. The van der Waals surface area contributed by atoms with Gasteiger partial charge in [0.05, 0.1) is 17.7 Å². The first-order valence-corrected chi connectivity index (χ1v) is 8.04. The molecular weight excluding hydrogens is 328 g/mol. The molecule has 0 spiro atoms. The summed E-state index contributed by atoms with van der Waals surface area (Å²) in [5.74, 6) is 0.0787. The summed E-state index contributed by atoms with van der Waals surface area (Å²) < 4.78 is 5.20. The Morgan fingerprint density at radius 2 is 1.88 bits per heavy atom. The molecule has 0 saturated heterocycles. The highest BCUT2D eigenvalue weighted by atomic mass is 16.5. The fourth-order valence-corrected chi connectivity index (χ4v) is 2.36. The van der Waals surface area contributed by atoms with Crippen LogP contribution in [0.5, 0.6) is 0 Å². The van der Waals surface area contributed by atoms with E-state index in [0.29, 0.717) is 23.5 Å². The van der Waals surface area contributed by atoms with E-state index in [0.717, 1.165) is 11.1 Å². The molecule has 6 heteroatoms. The topological polar surface area (TPSA) is 87.9 Å². The minimum Gasteiger partial charge on any atom is -0.460 e. The van der Waals surface area contributed by atoms with Crippen molar-refractivity contribution in [3.8, 4) is 17.2 Å². The molecule has 1 N–H and O–H groups in total. The highest BCUT2D eigenvalue weighted by Gasteiger charge is 2.08. The summed E-state index contributed by atoms with van der Waals surface area (Å²) in [6, 6.07) is 16.4. The number of benzene rings is 1. The van der Waals surface area contributed by atoms with Gasteiger partial charge in [0.15, 0.2) is 0 Å². The van der Waals surface area contributed by atoms with E-state index in [-0.39, 0.29) is 12.6 Å². The summed E-state index contributed by atoms with van der Waals surface area (Å²) >= 11 is 0. The average Bonchev–Trinajstić information content (AvgIpc) is 2.72. The van der Waals surface area contributed by atoms with E-state index in [9.17, 15) is 10.1 Å². The lowest BCUT2D eigenvalue weighted by atomic mass is 10.1. The van der Waals surface area contributed by atoms with Gasteiger partial charge in [0.1, 0.15) is 18.5 Å². The number of nitrogens with zero attached hydrogens (tertiary/aromatic N) is 3. The van der Waals surface area contributed by atoms with Gasteiger partial charge in [-0.1, -0.05) is 18.2 Å². The van der Waals surface area contributed by atoms with Crippen molar-refractivity contribution < 1.29 is 9.53 Å². The van der Waals surface area contributed by atoms with Crippen molar-refractivity contribution in [3.05, 3.63) is 78.2 Å². The largest absolute Gasteiger partial charge is 0.460 e. The maximum atomic E-state index is 11.9. The van der Waals surface area contributed by atoms with Gasteiger partial charge in [-0.15, -0.1) is 0 Å². The Bertz CT molecular complexity index is 922.